The molecule has 2 fully saturated rings. The monoisotopic (exact) mass is 530 g/mol. The van der Waals surface area contributed by atoms with E-state index in [0.29, 0.717) is 24.2 Å². The predicted molar refractivity (Wildman–Crippen MR) is 139 cm³/mol. The Bertz CT molecular complexity index is 1200. The zero-order valence-corrected chi connectivity index (χ0v) is 23.0. The first-order valence-corrected chi connectivity index (χ1v) is 14.5. The van der Waals surface area contributed by atoms with Gasteiger partial charge in [0.2, 0.25) is 0 Å². The van der Waals surface area contributed by atoms with Crippen LogP contribution in [0.3, 0.4) is 0 Å². The molecule has 37 heavy (non-hydrogen) atoms. The normalized spacial score (nSPS) is 30.9. The Morgan fingerprint density at radius 3 is 2.49 bits per heavy atom. The molecule has 0 saturated heterocycles. The minimum Gasteiger partial charge on any atom is -0.468 e. The third-order valence-electron chi connectivity index (χ3n) is 8.88. The van der Waals surface area contributed by atoms with Crippen molar-refractivity contribution < 1.29 is 31.5 Å². The summed E-state index contributed by atoms with van der Waals surface area (Å²) in [7, 11) is -0.712. The lowest BCUT2D eigenvalue weighted by atomic mass is 9.55. The highest BCUT2D eigenvalue weighted by atomic mass is 32.2. The van der Waals surface area contributed by atoms with E-state index in [4.69, 9.17) is 23.1 Å². The minimum atomic E-state index is -3.92. The highest BCUT2D eigenvalue weighted by molar-refractivity contribution is 7.86. The molecule has 2 aromatic rings. The van der Waals surface area contributed by atoms with Crippen LogP contribution in [0, 0.1) is 24.2 Å². The summed E-state index contributed by atoms with van der Waals surface area (Å²) in [6, 6.07) is 13.2. The van der Waals surface area contributed by atoms with Gasteiger partial charge in [-0.2, -0.15) is 8.42 Å². The van der Waals surface area contributed by atoms with Crippen LogP contribution in [-0.2, 0) is 34.9 Å². The lowest BCUT2D eigenvalue weighted by Gasteiger charge is -2.50. The maximum atomic E-state index is 13.3. The third-order valence-corrected chi connectivity index (χ3v) is 10.2. The van der Waals surface area contributed by atoms with Crippen LogP contribution in [0.15, 0.2) is 47.4 Å². The summed E-state index contributed by atoms with van der Waals surface area (Å²) in [5, 5.41) is 0. The van der Waals surface area contributed by atoms with Gasteiger partial charge in [-0.1, -0.05) is 30.7 Å². The molecule has 0 spiro atoms. The molecule has 0 aliphatic heterocycles. The molecule has 3 aliphatic carbocycles. The molecular formula is C29H38O7S. The van der Waals surface area contributed by atoms with E-state index in [1.807, 2.05) is 13.0 Å². The van der Waals surface area contributed by atoms with Crippen molar-refractivity contribution in [2.75, 3.05) is 27.8 Å². The van der Waals surface area contributed by atoms with Crippen molar-refractivity contribution in [3.05, 3.63) is 59.2 Å². The molecule has 2 aromatic carbocycles. The fourth-order valence-corrected chi connectivity index (χ4v) is 8.26. The molecule has 0 amide bonds. The number of hydrogen-bond donors (Lipinski definition) is 0. The molecule has 5 rings (SSSR count). The maximum absolute atomic E-state index is 13.3. The first kappa shape index (κ1) is 26.6. The topological polar surface area (TPSA) is 80.3 Å². The second-order valence-corrected chi connectivity index (χ2v) is 12.6. The van der Waals surface area contributed by atoms with E-state index in [-0.39, 0.29) is 30.0 Å². The average molecular weight is 531 g/mol. The smallest absolute Gasteiger partial charge is 0.297 e. The molecule has 8 heteroatoms. The summed E-state index contributed by atoms with van der Waals surface area (Å²) in [5.74, 6) is 2.02. The Kier molecular flexibility index (Phi) is 7.67. The van der Waals surface area contributed by atoms with E-state index in [0.717, 1.165) is 37.0 Å². The zero-order valence-electron chi connectivity index (χ0n) is 22.1. The largest absolute Gasteiger partial charge is 0.468 e. The van der Waals surface area contributed by atoms with Crippen LogP contribution in [0.2, 0.25) is 0 Å². The summed E-state index contributed by atoms with van der Waals surface area (Å²) in [4.78, 5) is 0.180. The summed E-state index contributed by atoms with van der Waals surface area (Å²) in [6.07, 6.45) is 3.75. The predicted octanol–water partition coefficient (Wildman–Crippen LogP) is 5.21. The second kappa shape index (κ2) is 10.7. The first-order valence-electron chi connectivity index (χ1n) is 13.1. The molecule has 0 unspecified atom stereocenters. The molecule has 0 N–H and O–H groups in total. The van der Waals surface area contributed by atoms with Crippen LogP contribution in [0.25, 0.3) is 0 Å². The molecule has 3 aliphatic rings. The van der Waals surface area contributed by atoms with Gasteiger partial charge in [-0.15, -0.1) is 0 Å². The highest BCUT2D eigenvalue weighted by Crippen LogP contribution is 2.62. The number of fused-ring (bicyclic) bond motifs is 5. The van der Waals surface area contributed by atoms with Gasteiger partial charge in [0.05, 0.1) is 11.0 Å². The van der Waals surface area contributed by atoms with Gasteiger partial charge in [-0.05, 0) is 97.6 Å². The summed E-state index contributed by atoms with van der Waals surface area (Å²) >= 11 is 0. The van der Waals surface area contributed by atoms with E-state index in [1.165, 1.54) is 11.1 Å². The Balaban J connectivity index is 1.41. The molecule has 0 radical (unpaired) electrons. The quantitative estimate of drug-likeness (QED) is 0.325. The Morgan fingerprint density at radius 1 is 1.00 bits per heavy atom. The Hall–Kier alpha value is -1.97. The molecule has 0 bridgehead atoms. The van der Waals surface area contributed by atoms with E-state index in [2.05, 4.69) is 19.1 Å². The number of methoxy groups -OCH3 is 2. The molecule has 0 aromatic heterocycles. The van der Waals surface area contributed by atoms with Crippen molar-refractivity contribution in [1.29, 1.82) is 0 Å². The van der Waals surface area contributed by atoms with Gasteiger partial charge in [-0.25, -0.2) is 0 Å². The van der Waals surface area contributed by atoms with Gasteiger partial charge in [0.1, 0.15) is 18.6 Å². The number of ether oxygens (including phenoxy) is 4. The third kappa shape index (κ3) is 5.06. The second-order valence-electron chi connectivity index (χ2n) is 11.0. The summed E-state index contributed by atoms with van der Waals surface area (Å²) in [6.45, 7) is 4.54. The van der Waals surface area contributed by atoms with Crippen LogP contribution in [0.1, 0.15) is 55.2 Å². The maximum Gasteiger partial charge on any atom is 0.297 e. The van der Waals surface area contributed by atoms with E-state index >= 15 is 0 Å². The molecule has 6 atom stereocenters. The van der Waals surface area contributed by atoms with E-state index in [1.54, 1.807) is 38.5 Å². The van der Waals surface area contributed by atoms with Crippen molar-refractivity contribution in [2.24, 2.45) is 17.3 Å². The van der Waals surface area contributed by atoms with E-state index < -0.39 is 16.2 Å². The SMILES string of the molecule is COCOc1ccc2c(c1)CC[C@@H]1[C@@H]2CC[C@@]2(C)[C@H]1C[C@H](OS(=O)(=O)c1ccc(C)cc1)[C@@H]2OCOC. The fraction of sp³-hybridized carbons (Fsp3) is 0.586. The van der Waals surface area contributed by atoms with Gasteiger partial charge in [-0.3, -0.25) is 4.18 Å². The van der Waals surface area contributed by atoms with Crippen LogP contribution in [0.5, 0.6) is 5.75 Å². The standard InChI is InChI=1S/C29H38O7S/c1-19-5-9-22(10-6-19)37(30,31)36-27-16-26-25-11-7-20-15-21(34-17-32-3)8-12-23(20)24(25)13-14-29(26,2)28(27)35-18-33-4/h5-6,8-10,12,15,24-28H,7,11,13-14,16-18H2,1-4H3/t24-,25-,26+,27+,28+,29+/m1/s1. The van der Waals surface area contributed by atoms with Crippen LogP contribution >= 0.6 is 0 Å². The first-order chi connectivity index (χ1) is 17.8. The summed E-state index contributed by atoms with van der Waals surface area (Å²) in [5.41, 5.74) is 3.56. The van der Waals surface area contributed by atoms with Crippen molar-refractivity contribution in [3.8, 4) is 5.75 Å². The molecule has 7 nitrogen and oxygen atoms in total. The van der Waals surface area contributed by atoms with Crippen molar-refractivity contribution in [1.82, 2.24) is 0 Å². The van der Waals surface area contributed by atoms with Crippen LogP contribution < -0.4 is 4.74 Å². The van der Waals surface area contributed by atoms with Gasteiger partial charge in [0.25, 0.3) is 10.1 Å². The summed E-state index contributed by atoms with van der Waals surface area (Å²) < 4.78 is 54.6. The van der Waals surface area contributed by atoms with Crippen LogP contribution in [0.4, 0.5) is 0 Å². The lowest BCUT2D eigenvalue weighted by Crippen LogP contribution is -2.46. The molecule has 0 heterocycles. The van der Waals surface area contributed by atoms with Crippen molar-refractivity contribution in [2.45, 2.75) is 69.0 Å². The van der Waals surface area contributed by atoms with Gasteiger partial charge in [0, 0.05) is 14.2 Å². The average Bonchev–Trinajstić information content (AvgIpc) is 3.16. The highest BCUT2D eigenvalue weighted by Gasteiger charge is 2.60. The minimum absolute atomic E-state index is 0.110. The zero-order chi connectivity index (χ0) is 26.2. The lowest BCUT2D eigenvalue weighted by molar-refractivity contribution is -0.144. The molecule has 202 valence electrons. The Labute approximate surface area is 220 Å². The Morgan fingerprint density at radius 2 is 1.76 bits per heavy atom. The van der Waals surface area contributed by atoms with Crippen LogP contribution in [-0.4, -0.2) is 48.4 Å². The van der Waals surface area contributed by atoms with E-state index in [9.17, 15) is 8.42 Å². The van der Waals surface area contributed by atoms with Gasteiger partial charge < -0.3 is 18.9 Å². The van der Waals surface area contributed by atoms with Crippen molar-refractivity contribution in [3.63, 3.8) is 0 Å². The number of benzene rings is 2. The van der Waals surface area contributed by atoms with Gasteiger partial charge >= 0.3 is 0 Å². The fourth-order valence-electron chi connectivity index (χ4n) is 7.17. The number of aryl methyl sites for hydroxylation is 2. The number of hydrogen-bond acceptors (Lipinski definition) is 7. The van der Waals surface area contributed by atoms with Crippen molar-refractivity contribution >= 4 is 10.1 Å². The molecule has 2 saturated carbocycles. The van der Waals surface area contributed by atoms with Gasteiger partial charge in [0.15, 0.2) is 6.79 Å². The number of rotatable bonds is 9. The molecular weight excluding hydrogens is 492 g/mol.